The Morgan fingerprint density at radius 3 is 2.42 bits per heavy atom. The third-order valence-electron chi connectivity index (χ3n) is 4.01. The van der Waals surface area contributed by atoms with Gasteiger partial charge in [0, 0.05) is 12.1 Å². The maximum Gasteiger partial charge on any atom is 0.339 e. The van der Waals surface area contributed by atoms with Crippen LogP contribution in [0.5, 0.6) is 5.75 Å². The van der Waals surface area contributed by atoms with Crippen molar-refractivity contribution in [1.29, 1.82) is 0 Å². The minimum absolute atomic E-state index is 0.0333. The van der Waals surface area contributed by atoms with Gasteiger partial charge in [-0.2, -0.15) is 8.42 Å². The van der Waals surface area contributed by atoms with Gasteiger partial charge >= 0.3 is 10.1 Å². The van der Waals surface area contributed by atoms with E-state index >= 15 is 0 Å². The second kappa shape index (κ2) is 6.28. The fraction of sp³-hybridized carbons (Fsp3) is 0.278. The summed E-state index contributed by atoms with van der Waals surface area (Å²) in [5.74, 6) is 0.547. The van der Waals surface area contributed by atoms with Crippen molar-refractivity contribution in [2.24, 2.45) is 0 Å². The lowest BCUT2D eigenvalue weighted by Crippen LogP contribution is -2.19. The molecule has 1 heterocycles. The molecule has 1 amide bonds. The second-order valence-corrected chi connectivity index (χ2v) is 7.67. The number of hydrogen-bond acceptors (Lipinski definition) is 4. The standard InChI is InChI=1S/C18H19NO4S/c1-12(2)13-3-7-16(8-4-13)24(21,22)23-15-6-9-17-14(11-15)5-10-18(20)19-17/h3-4,6-9,11-12H,5,10H2,1-2H3,(H,19,20). The van der Waals surface area contributed by atoms with E-state index in [1.807, 2.05) is 13.8 Å². The Morgan fingerprint density at radius 2 is 1.75 bits per heavy atom. The minimum atomic E-state index is -3.88. The Bertz CT molecular complexity index is 870. The Labute approximate surface area is 141 Å². The van der Waals surface area contributed by atoms with E-state index in [-0.39, 0.29) is 16.6 Å². The van der Waals surface area contributed by atoms with Crippen molar-refractivity contribution in [2.45, 2.75) is 37.5 Å². The second-order valence-electron chi connectivity index (χ2n) is 6.13. The predicted octanol–water partition coefficient (Wildman–Crippen LogP) is 3.46. The summed E-state index contributed by atoms with van der Waals surface area (Å²) in [6.07, 6.45) is 0.960. The molecule has 0 saturated heterocycles. The highest BCUT2D eigenvalue weighted by Crippen LogP contribution is 2.28. The van der Waals surface area contributed by atoms with E-state index in [9.17, 15) is 13.2 Å². The summed E-state index contributed by atoms with van der Waals surface area (Å²) in [5, 5.41) is 2.75. The van der Waals surface area contributed by atoms with Gasteiger partial charge in [0.15, 0.2) is 0 Å². The van der Waals surface area contributed by atoms with Crippen LogP contribution in [0.3, 0.4) is 0 Å². The van der Waals surface area contributed by atoms with Gasteiger partial charge in [0.25, 0.3) is 0 Å². The lowest BCUT2D eigenvalue weighted by Gasteiger charge is -2.17. The normalized spacial score (nSPS) is 14.2. The van der Waals surface area contributed by atoms with E-state index in [1.54, 1.807) is 42.5 Å². The molecule has 0 aromatic heterocycles. The Balaban J connectivity index is 1.83. The fourth-order valence-electron chi connectivity index (χ4n) is 2.61. The number of carbonyl (C=O) groups excluding carboxylic acids is 1. The number of rotatable bonds is 4. The van der Waals surface area contributed by atoms with Crippen molar-refractivity contribution >= 4 is 21.7 Å². The molecule has 126 valence electrons. The molecule has 0 spiro atoms. The number of nitrogens with one attached hydrogen (secondary N) is 1. The molecule has 0 radical (unpaired) electrons. The highest BCUT2D eigenvalue weighted by molar-refractivity contribution is 7.87. The van der Waals surface area contributed by atoms with Gasteiger partial charge in [-0.3, -0.25) is 4.79 Å². The average molecular weight is 345 g/mol. The van der Waals surface area contributed by atoms with Crippen LogP contribution < -0.4 is 9.50 Å². The summed E-state index contributed by atoms with van der Waals surface area (Å²) in [6, 6.07) is 11.6. The summed E-state index contributed by atoms with van der Waals surface area (Å²) >= 11 is 0. The monoisotopic (exact) mass is 345 g/mol. The minimum Gasteiger partial charge on any atom is -0.379 e. The van der Waals surface area contributed by atoms with Crippen molar-refractivity contribution in [3.05, 3.63) is 53.6 Å². The number of benzene rings is 2. The first kappa shape index (κ1) is 16.5. The molecule has 0 fully saturated rings. The Hall–Kier alpha value is -2.34. The van der Waals surface area contributed by atoms with E-state index in [0.29, 0.717) is 24.4 Å². The van der Waals surface area contributed by atoms with Crippen LogP contribution in [0.4, 0.5) is 5.69 Å². The summed E-state index contributed by atoms with van der Waals surface area (Å²) in [6.45, 7) is 4.10. The van der Waals surface area contributed by atoms with Gasteiger partial charge in [-0.25, -0.2) is 0 Å². The lowest BCUT2D eigenvalue weighted by molar-refractivity contribution is -0.116. The number of fused-ring (bicyclic) bond motifs is 1. The molecule has 1 aliphatic heterocycles. The van der Waals surface area contributed by atoms with Gasteiger partial charge in [-0.05, 0) is 53.8 Å². The van der Waals surface area contributed by atoms with E-state index in [2.05, 4.69) is 5.32 Å². The van der Waals surface area contributed by atoms with Crippen molar-refractivity contribution in [3.8, 4) is 5.75 Å². The zero-order valence-electron chi connectivity index (χ0n) is 13.6. The van der Waals surface area contributed by atoms with Crippen LogP contribution >= 0.6 is 0 Å². The molecule has 5 nitrogen and oxygen atoms in total. The van der Waals surface area contributed by atoms with Crippen LogP contribution in [0.15, 0.2) is 47.4 Å². The number of carbonyl (C=O) groups is 1. The SMILES string of the molecule is CC(C)c1ccc(S(=O)(=O)Oc2ccc3c(c2)CCC(=O)N3)cc1. The van der Waals surface area contributed by atoms with Gasteiger partial charge in [0.1, 0.15) is 10.6 Å². The highest BCUT2D eigenvalue weighted by atomic mass is 32.2. The molecule has 1 N–H and O–H groups in total. The van der Waals surface area contributed by atoms with Crippen LogP contribution in [0, 0.1) is 0 Å². The van der Waals surface area contributed by atoms with E-state index in [4.69, 9.17) is 4.18 Å². The van der Waals surface area contributed by atoms with Crippen LogP contribution in [-0.4, -0.2) is 14.3 Å². The molecule has 1 aliphatic rings. The van der Waals surface area contributed by atoms with Gasteiger partial charge in [-0.1, -0.05) is 26.0 Å². The van der Waals surface area contributed by atoms with E-state index < -0.39 is 10.1 Å². The van der Waals surface area contributed by atoms with Crippen LogP contribution in [0.2, 0.25) is 0 Å². The first-order chi connectivity index (χ1) is 11.3. The van der Waals surface area contributed by atoms with Crippen molar-refractivity contribution < 1.29 is 17.4 Å². The molecule has 2 aromatic carbocycles. The molecule has 6 heteroatoms. The number of aryl methyl sites for hydroxylation is 1. The van der Waals surface area contributed by atoms with Crippen molar-refractivity contribution in [3.63, 3.8) is 0 Å². The maximum atomic E-state index is 12.4. The van der Waals surface area contributed by atoms with Crippen molar-refractivity contribution in [1.82, 2.24) is 0 Å². The fourth-order valence-corrected chi connectivity index (χ4v) is 3.53. The summed E-state index contributed by atoms with van der Waals surface area (Å²) in [7, 11) is -3.88. The Kier molecular flexibility index (Phi) is 4.32. The van der Waals surface area contributed by atoms with Crippen LogP contribution in [0.25, 0.3) is 0 Å². The largest absolute Gasteiger partial charge is 0.379 e. The molecule has 0 unspecified atom stereocenters. The van der Waals surface area contributed by atoms with E-state index in [1.165, 1.54) is 0 Å². The molecule has 0 aliphatic carbocycles. The molecular formula is C18H19NO4S. The zero-order chi connectivity index (χ0) is 17.3. The molecule has 3 rings (SSSR count). The summed E-state index contributed by atoms with van der Waals surface area (Å²) in [5.41, 5.74) is 2.65. The third-order valence-corrected chi connectivity index (χ3v) is 5.27. The van der Waals surface area contributed by atoms with Gasteiger partial charge in [0.05, 0.1) is 0 Å². The number of hydrogen-bond donors (Lipinski definition) is 1. The predicted molar refractivity (Wildman–Crippen MR) is 91.7 cm³/mol. The molecule has 0 saturated carbocycles. The number of amides is 1. The van der Waals surface area contributed by atoms with Gasteiger partial charge in [-0.15, -0.1) is 0 Å². The topological polar surface area (TPSA) is 72.5 Å². The third kappa shape index (κ3) is 3.43. The zero-order valence-corrected chi connectivity index (χ0v) is 14.4. The molecular weight excluding hydrogens is 326 g/mol. The smallest absolute Gasteiger partial charge is 0.339 e. The van der Waals surface area contributed by atoms with Gasteiger partial charge in [0.2, 0.25) is 5.91 Å². The lowest BCUT2D eigenvalue weighted by atomic mass is 10.0. The number of anilines is 1. The first-order valence-electron chi connectivity index (χ1n) is 7.82. The summed E-state index contributed by atoms with van der Waals surface area (Å²) in [4.78, 5) is 11.5. The Morgan fingerprint density at radius 1 is 1.04 bits per heavy atom. The molecule has 2 aromatic rings. The van der Waals surface area contributed by atoms with Crippen molar-refractivity contribution in [2.75, 3.05) is 5.32 Å². The molecule has 24 heavy (non-hydrogen) atoms. The van der Waals surface area contributed by atoms with Crippen LogP contribution in [-0.2, 0) is 21.3 Å². The van der Waals surface area contributed by atoms with E-state index in [0.717, 1.165) is 11.1 Å². The summed E-state index contributed by atoms with van der Waals surface area (Å²) < 4.78 is 30.1. The average Bonchev–Trinajstić information content (AvgIpc) is 2.55. The molecule has 0 atom stereocenters. The van der Waals surface area contributed by atoms with Gasteiger partial charge < -0.3 is 9.50 Å². The quantitative estimate of drug-likeness (QED) is 0.861. The maximum absolute atomic E-state index is 12.4. The van der Waals surface area contributed by atoms with Crippen LogP contribution in [0.1, 0.15) is 37.3 Å². The first-order valence-corrected chi connectivity index (χ1v) is 9.23. The highest BCUT2D eigenvalue weighted by Gasteiger charge is 2.20. The molecule has 0 bridgehead atoms.